The van der Waals surface area contributed by atoms with Crippen molar-refractivity contribution in [2.45, 2.75) is 24.8 Å². The Kier molecular flexibility index (Phi) is 4.61. The van der Waals surface area contributed by atoms with Gasteiger partial charge in [0.05, 0.1) is 6.10 Å². The first-order valence-corrected chi connectivity index (χ1v) is 6.76. The molecule has 3 nitrogen and oxygen atoms in total. The number of alkyl halides is 1. The predicted octanol–water partition coefficient (Wildman–Crippen LogP) is 2.68. The average Bonchev–Trinajstić information content (AvgIpc) is 2.91. The lowest BCUT2D eigenvalue weighted by Gasteiger charge is -2.20. The minimum Gasteiger partial charge on any atom is -0.376 e. The normalized spacial score (nSPS) is 18.9. The molecule has 4 heteroatoms. The molecule has 1 fully saturated rings. The summed E-state index contributed by atoms with van der Waals surface area (Å²) < 4.78 is 5.53. The Morgan fingerprint density at radius 1 is 1.44 bits per heavy atom. The fourth-order valence-corrected chi connectivity index (χ4v) is 2.31. The smallest absolute Gasteiger partial charge is 0.253 e. The van der Waals surface area contributed by atoms with Crippen LogP contribution in [0.25, 0.3) is 0 Å². The van der Waals surface area contributed by atoms with Crippen molar-refractivity contribution in [2.75, 3.05) is 20.2 Å². The molecule has 1 aliphatic rings. The molecule has 0 aromatic heterocycles. The van der Waals surface area contributed by atoms with Gasteiger partial charge in [-0.15, -0.1) is 11.6 Å². The van der Waals surface area contributed by atoms with Crippen LogP contribution in [0.1, 0.15) is 28.8 Å². The second-order valence-corrected chi connectivity index (χ2v) is 4.92. The van der Waals surface area contributed by atoms with Crippen LogP contribution in [-0.4, -0.2) is 37.1 Å². The van der Waals surface area contributed by atoms with Crippen molar-refractivity contribution in [2.24, 2.45) is 0 Å². The van der Waals surface area contributed by atoms with Gasteiger partial charge in [-0.25, -0.2) is 0 Å². The molecule has 0 saturated carbocycles. The highest BCUT2D eigenvalue weighted by Gasteiger charge is 2.20. The molecule has 0 aliphatic carbocycles. The minimum atomic E-state index is 0.0339. The molecule has 1 unspecified atom stereocenters. The zero-order valence-electron chi connectivity index (χ0n) is 10.6. The minimum absolute atomic E-state index is 0.0339. The standard InChI is InChI=1S/C14H18ClNO2/c1-16(10-13-3-2-8-18-13)14(17)12-6-4-11(9-15)5-7-12/h4-7,13H,2-3,8-10H2,1H3. The molecule has 1 heterocycles. The van der Waals surface area contributed by atoms with Gasteiger partial charge in [-0.3, -0.25) is 4.79 Å². The molecule has 0 spiro atoms. The Bertz CT molecular complexity index is 399. The largest absolute Gasteiger partial charge is 0.376 e. The molecule has 0 N–H and O–H groups in total. The Morgan fingerprint density at radius 3 is 2.72 bits per heavy atom. The van der Waals surface area contributed by atoms with Crippen molar-refractivity contribution in [3.05, 3.63) is 35.4 Å². The maximum atomic E-state index is 12.2. The molecule has 1 saturated heterocycles. The zero-order valence-corrected chi connectivity index (χ0v) is 11.3. The van der Waals surface area contributed by atoms with Crippen molar-refractivity contribution in [1.29, 1.82) is 0 Å². The van der Waals surface area contributed by atoms with E-state index in [1.165, 1.54) is 0 Å². The van der Waals surface area contributed by atoms with E-state index in [4.69, 9.17) is 16.3 Å². The highest BCUT2D eigenvalue weighted by molar-refractivity contribution is 6.17. The number of carbonyl (C=O) groups is 1. The fraction of sp³-hybridized carbons (Fsp3) is 0.500. The van der Waals surface area contributed by atoms with Crippen molar-refractivity contribution in [1.82, 2.24) is 4.90 Å². The van der Waals surface area contributed by atoms with Gasteiger partial charge in [0.15, 0.2) is 0 Å². The van der Waals surface area contributed by atoms with Crippen LogP contribution in [0.3, 0.4) is 0 Å². The monoisotopic (exact) mass is 267 g/mol. The van der Waals surface area contributed by atoms with Gasteiger partial charge in [-0.05, 0) is 30.5 Å². The summed E-state index contributed by atoms with van der Waals surface area (Å²) in [6.07, 6.45) is 2.33. The summed E-state index contributed by atoms with van der Waals surface area (Å²) >= 11 is 5.72. The molecular formula is C14H18ClNO2. The topological polar surface area (TPSA) is 29.5 Å². The molecule has 1 amide bonds. The molecule has 1 atom stereocenters. The number of likely N-dealkylation sites (N-methyl/N-ethyl adjacent to an activating group) is 1. The first-order chi connectivity index (χ1) is 8.70. The number of nitrogens with zero attached hydrogens (tertiary/aromatic N) is 1. The quantitative estimate of drug-likeness (QED) is 0.785. The predicted molar refractivity (Wildman–Crippen MR) is 71.9 cm³/mol. The van der Waals surface area contributed by atoms with Crippen molar-refractivity contribution in [3.8, 4) is 0 Å². The Morgan fingerprint density at radius 2 is 2.17 bits per heavy atom. The third-order valence-corrected chi connectivity index (χ3v) is 3.51. The van der Waals surface area contributed by atoms with Gasteiger partial charge < -0.3 is 9.64 Å². The van der Waals surface area contributed by atoms with E-state index in [1.807, 2.05) is 31.3 Å². The van der Waals surface area contributed by atoms with Crippen LogP contribution in [0.15, 0.2) is 24.3 Å². The van der Waals surface area contributed by atoms with Gasteiger partial charge in [-0.2, -0.15) is 0 Å². The molecule has 1 aromatic carbocycles. The fourth-order valence-electron chi connectivity index (χ4n) is 2.13. The van der Waals surface area contributed by atoms with Crippen molar-refractivity contribution < 1.29 is 9.53 Å². The first-order valence-electron chi connectivity index (χ1n) is 6.22. The lowest BCUT2D eigenvalue weighted by atomic mass is 10.1. The number of benzene rings is 1. The third kappa shape index (κ3) is 3.24. The highest BCUT2D eigenvalue weighted by Crippen LogP contribution is 2.14. The number of amides is 1. The summed E-state index contributed by atoms with van der Waals surface area (Å²) in [5.41, 5.74) is 1.72. The highest BCUT2D eigenvalue weighted by atomic mass is 35.5. The molecule has 98 valence electrons. The van der Waals surface area contributed by atoms with E-state index in [9.17, 15) is 4.79 Å². The number of rotatable bonds is 4. The Hall–Kier alpha value is -1.06. The summed E-state index contributed by atoms with van der Waals surface area (Å²) in [6.45, 7) is 1.48. The summed E-state index contributed by atoms with van der Waals surface area (Å²) in [5.74, 6) is 0.506. The summed E-state index contributed by atoms with van der Waals surface area (Å²) in [6, 6.07) is 7.43. The summed E-state index contributed by atoms with van der Waals surface area (Å²) in [7, 11) is 1.82. The molecule has 1 aliphatic heterocycles. The van der Waals surface area contributed by atoms with Crippen LogP contribution in [0.2, 0.25) is 0 Å². The van der Waals surface area contributed by atoms with Crippen LogP contribution in [0.4, 0.5) is 0 Å². The number of carbonyl (C=O) groups excluding carboxylic acids is 1. The number of halogens is 1. The van der Waals surface area contributed by atoms with E-state index >= 15 is 0 Å². The van der Waals surface area contributed by atoms with Gasteiger partial charge in [0, 0.05) is 31.6 Å². The molecule has 0 radical (unpaired) electrons. The van der Waals surface area contributed by atoms with Crippen molar-refractivity contribution >= 4 is 17.5 Å². The zero-order chi connectivity index (χ0) is 13.0. The average molecular weight is 268 g/mol. The second kappa shape index (κ2) is 6.21. The van der Waals surface area contributed by atoms with E-state index in [1.54, 1.807) is 4.90 Å². The van der Waals surface area contributed by atoms with E-state index in [2.05, 4.69) is 0 Å². The van der Waals surface area contributed by atoms with Crippen LogP contribution in [0.5, 0.6) is 0 Å². The maximum Gasteiger partial charge on any atom is 0.253 e. The van der Waals surface area contributed by atoms with E-state index in [0.29, 0.717) is 18.0 Å². The molecule has 2 rings (SSSR count). The van der Waals surface area contributed by atoms with Gasteiger partial charge >= 0.3 is 0 Å². The SMILES string of the molecule is CN(CC1CCCO1)C(=O)c1ccc(CCl)cc1. The van der Waals surface area contributed by atoms with Gasteiger partial charge in [-0.1, -0.05) is 12.1 Å². The van der Waals surface area contributed by atoms with Gasteiger partial charge in [0.25, 0.3) is 5.91 Å². The van der Waals surface area contributed by atoms with Crippen LogP contribution < -0.4 is 0 Å². The molecule has 18 heavy (non-hydrogen) atoms. The molecule has 0 bridgehead atoms. The van der Waals surface area contributed by atoms with E-state index in [0.717, 1.165) is 25.0 Å². The molecule has 1 aromatic rings. The molecular weight excluding hydrogens is 250 g/mol. The van der Waals surface area contributed by atoms with E-state index in [-0.39, 0.29) is 12.0 Å². The summed E-state index contributed by atoms with van der Waals surface area (Å²) in [4.78, 5) is 13.9. The summed E-state index contributed by atoms with van der Waals surface area (Å²) in [5, 5.41) is 0. The third-order valence-electron chi connectivity index (χ3n) is 3.20. The maximum absolute atomic E-state index is 12.2. The lowest BCUT2D eigenvalue weighted by Crippen LogP contribution is -2.34. The lowest BCUT2D eigenvalue weighted by molar-refractivity contribution is 0.0587. The van der Waals surface area contributed by atoms with Gasteiger partial charge in [0.2, 0.25) is 0 Å². The number of hydrogen-bond acceptors (Lipinski definition) is 2. The van der Waals surface area contributed by atoms with Crippen molar-refractivity contribution in [3.63, 3.8) is 0 Å². The first kappa shape index (κ1) is 13.4. The van der Waals surface area contributed by atoms with Crippen LogP contribution in [-0.2, 0) is 10.6 Å². The van der Waals surface area contributed by atoms with Gasteiger partial charge in [0.1, 0.15) is 0 Å². The number of ether oxygens (including phenoxy) is 1. The second-order valence-electron chi connectivity index (χ2n) is 4.65. The Labute approximate surface area is 113 Å². The Balaban J connectivity index is 1.95. The van der Waals surface area contributed by atoms with E-state index < -0.39 is 0 Å². The van der Waals surface area contributed by atoms with Crippen LogP contribution >= 0.6 is 11.6 Å². The number of hydrogen-bond donors (Lipinski definition) is 0. The van der Waals surface area contributed by atoms with Crippen LogP contribution in [0, 0.1) is 0 Å².